The SMILES string of the molecule is CC(N=C(NC#N)Nc1cccnc1)c1ccc[c]([Sn]([CH3])([CH3])[CH3])c1. The van der Waals surface area contributed by atoms with E-state index in [-0.39, 0.29) is 6.04 Å². The first-order valence-corrected chi connectivity index (χ1v) is 17.9. The second kappa shape index (κ2) is 8.15. The van der Waals surface area contributed by atoms with Gasteiger partial charge in [0.05, 0.1) is 0 Å². The summed E-state index contributed by atoms with van der Waals surface area (Å²) in [6.45, 7) is 2.03. The van der Waals surface area contributed by atoms with E-state index in [4.69, 9.17) is 5.26 Å². The third-order valence-corrected chi connectivity index (χ3v) is 9.49. The Labute approximate surface area is 147 Å². The fourth-order valence-electron chi connectivity index (χ4n) is 2.26. The number of anilines is 1. The van der Waals surface area contributed by atoms with Crippen LogP contribution >= 0.6 is 0 Å². The molecule has 0 saturated carbocycles. The molecule has 2 aromatic rings. The summed E-state index contributed by atoms with van der Waals surface area (Å²) in [4.78, 5) is 15.9. The molecular weight excluding hydrogens is 405 g/mol. The van der Waals surface area contributed by atoms with Crippen molar-refractivity contribution in [2.75, 3.05) is 5.32 Å². The molecule has 0 spiro atoms. The van der Waals surface area contributed by atoms with Gasteiger partial charge in [-0.25, -0.2) is 0 Å². The van der Waals surface area contributed by atoms with E-state index in [1.807, 2.05) is 25.2 Å². The molecule has 6 heteroatoms. The second-order valence-electron chi connectivity index (χ2n) is 6.63. The van der Waals surface area contributed by atoms with Crippen LogP contribution < -0.4 is 14.2 Å². The van der Waals surface area contributed by atoms with E-state index in [1.165, 1.54) is 3.58 Å². The summed E-state index contributed by atoms with van der Waals surface area (Å²) in [6.07, 6.45) is 5.32. The average molecular weight is 428 g/mol. The molecule has 24 heavy (non-hydrogen) atoms. The van der Waals surface area contributed by atoms with Gasteiger partial charge in [-0.2, -0.15) is 0 Å². The van der Waals surface area contributed by atoms with E-state index in [2.05, 4.69) is 59.7 Å². The molecular formula is C18H23N5Sn. The van der Waals surface area contributed by atoms with Crippen molar-refractivity contribution in [3.05, 3.63) is 54.4 Å². The van der Waals surface area contributed by atoms with Gasteiger partial charge in [0.25, 0.3) is 0 Å². The van der Waals surface area contributed by atoms with Crippen LogP contribution in [-0.2, 0) is 0 Å². The van der Waals surface area contributed by atoms with Crippen LogP contribution in [0.3, 0.4) is 0 Å². The van der Waals surface area contributed by atoms with E-state index < -0.39 is 18.4 Å². The van der Waals surface area contributed by atoms with Gasteiger partial charge in [-0.05, 0) is 0 Å². The topological polar surface area (TPSA) is 73.1 Å². The molecule has 0 aliphatic rings. The van der Waals surface area contributed by atoms with Crippen molar-refractivity contribution in [1.82, 2.24) is 10.3 Å². The Bertz CT molecular complexity index is 744. The monoisotopic (exact) mass is 429 g/mol. The molecule has 1 unspecified atom stereocenters. The molecule has 1 heterocycles. The first-order valence-electron chi connectivity index (χ1n) is 7.90. The van der Waals surface area contributed by atoms with Gasteiger partial charge in [0.1, 0.15) is 0 Å². The van der Waals surface area contributed by atoms with Crippen LogP contribution in [0.15, 0.2) is 53.8 Å². The van der Waals surface area contributed by atoms with Gasteiger partial charge in [0, 0.05) is 0 Å². The number of pyridine rings is 1. The Morgan fingerprint density at radius 1 is 1.25 bits per heavy atom. The number of aromatic nitrogens is 1. The zero-order valence-corrected chi connectivity index (χ0v) is 17.4. The zero-order chi connectivity index (χ0) is 17.6. The first-order chi connectivity index (χ1) is 11.4. The van der Waals surface area contributed by atoms with Crippen LogP contribution in [0.2, 0.25) is 14.8 Å². The van der Waals surface area contributed by atoms with Crippen molar-refractivity contribution >= 4 is 33.6 Å². The Balaban J connectivity index is 2.24. The molecule has 124 valence electrons. The zero-order valence-electron chi connectivity index (χ0n) is 14.5. The Hall–Kier alpha value is -2.07. The number of nitriles is 1. The molecule has 0 saturated heterocycles. The quantitative estimate of drug-likeness (QED) is 0.258. The molecule has 1 atom stereocenters. The van der Waals surface area contributed by atoms with Crippen LogP contribution in [0.5, 0.6) is 0 Å². The van der Waals surface area contributed by atoms with Gasteiger partial charge >= 0.3 is 148 Å². The predicted octanol–water partition coefficient (Wildman–Crippen LogP) is 3.23. The number of aliphatic imine (C=N–C) groups is 1. The molecule has 0 amide bonds. The molecule has 0 aliphatic heterocycles. The van der Waals surface area contributed by atoms with Gasteiger partial charge in [-0.1, -0.05) is 0 Å². The molecule has 0 bridgehead atoms. The molecule has 0 fully saturated rings. The first kappa shape index (κ1) is 18.3. The standard InChI is InChI=1S/C15H14N5.3CH3.Sn/c1-12(13-6-3-2-4-7-13)19-15(18-11-16)20-14-8-5-9-17-10-14;;;;/h2-3,5-10,12H,1H3,(H2,18,19,20);3*1H3;. The van der Waals surface area contributed by atoms with Gasteiger partial charge in [0.2, 0.25) is 0 Å². The fraction of sp³-hybridized carbons (Fsp3) is 0.278. The van der Waals surface area contributed by atoms with Crippen LogP contribution in [0, 0.1) is 11.5 Å². The molecule has 1 aromatic heterocycles. The molecule has 2 N–H and O–H groups in total. The summed E-state index contributed by atoms with van der Waals surface area (Å²) in [5.74, 6) is 0.419. The summed E-state index contributed by atoms with van der Waals surface area (Å²) in [5.41, 5.74) is 1.94. The maximum atomic E-state index is 8.96. The fourth-order valence-corrected chi connectivity index (χ4v) is 5.67. The van der Waals surface area contributed by atoms with Crippen LogP contribution in [0.4, 0.5) is 5.69 Å². The molecule has 0 aliphatic carbocycles. The minimum absolute atomic E-state index is 0.0568. The van der Waals surface area contributed by atoms with Crippen molar-refractivity contribution in [1.29, 1.82) is 5.26 Å². The molecule has 1 aromatic carbocycles. The van der Waals surface area contributed by atoms with Gasteiger partial charge < -0.3 is 0 Å². The summed E-state index contributed by atoms with van der Waals surface area (Å²) in [7, 11) is 0. The Morgan fingerprint density at radius 3 is 2.67 bits per heavy atom. The minimum atomic E-state index is -2.11. The number of nitrogens with one attached hydrogen (secondary N) is 2. The second-order valence-corrected chi connectivity index (χ2v) is 21.1. The van der Waals surface area contributed by atoms with Gasteiger partial charge in [0.15, 0.2) is 0 Å². The van der Waals surface area contributed by atoms with Crippen molar-refractivity contribution < 1.29 is 0 Å². The van der Waals surface area contributed by atoms with Gasteiger partial charge in [-0.15, -0.1) is 0 Å². The molecule has 2 rings (SSSR count). The number of rotatable bonds is 4. The van der Waals surface area contributed by atoms with E-state index in [0.717, 1.165) is 11.3 Å². The summed E-state index contributed by atoms with van der Waals surface area (Å²) < 4.78 is 1.47. The third-order valence-electron chi connectivity index (χ3n) is 3.66. The third kappa shape index (κ3) is 5.24. The average Bonchev–Trinajstić information content (AvgIpc) is 2.55. The number of hydrogen-bond donors (Lipinski definition) is 2. The van der Waals surface area contributed by atoms with Gasteiger partial charge in [-0.3, -0.25) is 0 Å². The number of guanidine groups is 1. The van der Waals surface area contributed by atoms with Crippen molar-refractivity contribution in [3.63, 3.8) is 0 Å². The Kier molecular flexibility index (Phi) is 6.21. The van der Waals surface area contributed by atoms with Crippen molar-refractivity contribution in [2.45, 2.75) is 27.8 Å². The number of benzene rings is 1. The normalized spacial score (nSPS) is 13.0. The van der Waals surface area contributed by atoms with Crippen LogP contribution in [0.1, 0.15) is 18.5 Å². The summed E-state index contributed by atoms with van der Waals surface area (Å²) in [6, 6.07) is 12.3. The maximum absolute atomic E-state index is 8.96. The van der Waals surface area contributed by atoms with E-state index in [9.17, 15) is 0 Å². The summed E-state index contributed by atoms with van der Waals surface area (Å²) in [5, 5.41) is 14.7. The van der Waals surface area contributed by atoms with E-state index in [0.29, 0.717) is 5.96 Å². The van der Waals surface area contributed by atoms with Crippen LogP contribution in [-0.4, -0.2) is 29.3 Å². The number of nitrogens with zero attached hydrogens (tertiary/aromatic N) is 3. The van der Waals surface area contributed by atoms with E-state index >= 15 is 0 Å². The number of hydrogen-bond acceptors (Lipinski definition) is 3. The molecule has 0 radical (unpaired) electrons. The van der Waals surface area contributed by atoms with Crippen molar-refractivity contribution in [2.24, 2.45) is 4.99 Å². The van der Waals surface area contributed by atoms with Crippen LogP contribution in [0.25, 0.3) is 0 Å². The summed E-state index contributed by atoms with van der Waals surface area (Å²) >= 11 is -2.11. The van der Waals surface area contributed by atoms with Crippen molar-refractivity contribution in [3.8, 4) is 6.19 Å². The van der Waals surface area contributed by atoms with E-state index in [1.54, 1.807) is 12.4 Å². The predicted molar refractivity (Wildman–Crippen MR) is 102 cm³/mol. The Morgan fingerprint density at radius 2 is 2.04 bits per heavy atom. The molecule has 5 nitrogen and oxygen atoms in total.